The van der Waals surface area contributed by atoms with Gasteiger partial charge in [0.05, 0.1) is 12.2 Å². The van der Waals surface area contributed by atoms with Gasteiger partial charge in [0.25, 0.3) is 0 Å². The molecule has 1 aliphatic rings. The van der Waals surface area contributed by atoms with Crippen molar-refractivity contribution in [1.82, 2.24) is 5.32 Å². The molecular weight excluding hydrogens is 186 g/mol. The zero-order valence-electron chi connectivity index (χ0n) is 10.4. The summed E-state index contributed by atoms with van der Waals surface area (Å²) >= 11 is 0. The topological polar surface area (TPSA) is 21.3 Å². The van der Waals surface area contributed by atoms with Crippen molar-refractivity contribution in [3.63, 3.8) is 0 Å². The molecule has 0 aromatic heterocycles. The Balaban J connectivity index is 1.98. The Morgan fingerprint density at radius 2 is 2.00 bits per heavy atom. The lowest BCUT2D eigenvalue weighted by molar-refractivity contribution is -0.0197. The van der Waals surface area contributed by atoms with Crippen LogP contribution in [-0.2, 0) is 4.74 Å². The first-order valence-electron chi connectivity index (χ1n) is 6.69. The summed E-state index contributed by atoms with van der Waals surface area (Å²) in [4.78, 5) is 0. The number of nitrogens with one attached hydrogen (secondary N) is 1. The van der Waals surface area contributed by atoms with Gasteiger partial charge in [-0.25, -0.2) is 0 Å². The molecule has 0 radical (unpaired) electrons. The highest BCUT2D eigenvalue weighted by Crippen LogP contribution is 2.21. The highest BCUT2D eigenvalue weighted by molar-refractivity contribution is 4.67. The van der Waals surface area contributed by atoms with Gasteiger partial charge in [-0.15, -0.1) is 0 Å². The second-order valence-electron chi connectivity index (χ2n) is 4.76. The molecule has 1 aliphatic carbocycles. The summed E-state index contributed by atoms with van der Waals surface area (Å²) in [7, 11) is 0. The first kappa shape index (κ1) is 13.0. The summed E-state index contributed by atoms with van der Waals surface area (Å²) < 4.78 is 6.01. The van der Waals surface area contributed by atoms with Crippen LogP contribution in [0.25, 0.3) is 0 Å². The summed E-state index contributed by atoms with van der Waals surface area (Å²) in [5.74, 6) is 0. The fraction of sp³-hybridized carbons (Fsp3) is 1.00. The van der Waals surface area contributed by atoms with Crippen LogP contribution < -0.4 is 5.32 Å². The minimum atomic E-state index is 0.380. The summed E-state index contributed by atoms with van der Waals surface area (Å²) in [6, 6.07) is 0. The van der Waals surface area contributed by atoms with Crippen molar-refractivity contribution in [1.29, 1.82) is 0 Å². The standard InChI is InChI=1S/C13H27NO/c1-3-4-10-14-11-12(2)15-13-8-6-5-7-9-13/h12-14H,3-11H2,1-2H3. The fourth-order valence-corrected chi connectivity index (χ4v) is 2.18. The first-order valence-corrected chi connectivity index (χ1v) is 6.69. The predicted molar refractivity (Wildman–Crippen MR) is 65.2 cm³/mol. The minimum absolute atomic E-state index is 0.380. The van der Waals surface area contributed by atoms with Gasteiger partial charge in [-0.3, -0.25) is 0 Å². The van der Waals surface area contributed by atoms with Gasteiger partial charge in [0.1, 0.15) is 0 Å². The SMILES string of the molecule is CCCCNCC(C)OC1CCCCC1. The van der Waals surface area contributed by atoms with Crippen molar-refractivity contribution in [2.24, 2.45) is 0 Å². The van der Waals surface area contributed by atoms with Gasteiger partial charge < -0.3 is 10.1 Å². The quantitative estimate of drug-likeness (QED) is 0.656. The maximum atomic E-state index is 6.01. The third kappa shape index (κ3) is 6.16. The van der Waals surface area contributed by atoms with Gasteiger partial charge in [0, 0.05) is 6.54 Å². The minimum Gasteiger partial charge on any atom is -0.374 e. The molecule has 1 fully saturated rings. The van der Waals surface area contributed by atoms with Crippen LogP contribution >= 0.6 is 0 Å². The summed E-state index contributed by atoms with van der Waals surface area (Å²) in [5, 5.41) is 3.45. The molecule has 0 aromatic carbocycles. The number of hydrogen-bond acceptors (Lipinski definition) is 2. The third-order valence-corrected chi connectivity index (χ3v) is 3.12. The molecule has 15 heavy (non-hydrogen) atoms. The first-order chi connectivity index (χ1) is 7.33. The predicted octanol–water partition coefficient (Wildman–Crippen LogP) is 3.11. The number of unbranched alkanes of at least 4 members (excludes halogenated alkanes) is 1. The van der Waals surface area contributed by atoms with E-state index in [1.165, 1.54) is 44.9 Å². The third-order valence-electron chi connectivity index (χ3n) is 3.12. The van der Waals surface area contributed by atoms with E-state index in [9.17, 15) is 0 Å². The van der Waals surface area contributed by atoms with E-state index in [2.05, 4.69) is 19.2 Å². The van der Waals surface area contributed by atoms with E-state index in [4.69, 9.17) is 4.74 Å². The summed E-state index contributed by atoms with van der Waals surface area (Å²) in [6.45, 7) is 6.56. The van der Waals surface area contributed by atoms with Crippen molar-refractivity contribution in [2.45, 2.75) is 71.0 Å². The van der Waals surface area contributed by atoms with E-state index in [0.29, 0.717) is 12.2 Å². The molecule has 0 spiro atoms. The van der Waals surface area contributed by atoms with E-state index in [1.807, 2.05) is 0 Å². The van der Waals surface area contributed by atoms with Crippen molar-refractivity contribution in [3.05, 3.63) is 0 Å². The van der Waals surface area contributed by atoms with Gasteiger partial charge in [0.15, 0.2) is 0 Å². The van der Waals surface area contributed by atoms with E-state index in [0.717, 1.165) is 13.1 Å². The molecule has 1 atom stereocenters. The molecule has 2 nitrogen and oxygen atoms in total. The Labute approximate surface area is 94.8 Å². The van der Waals surface area contributed by atoms with E-state index >= 15 is 0 Å². The molecule has 90 valence electrons. The Hall–Kier alpha value is -0.0800. The Bertz CT molecular complexity index is 143. The molecule has 0 aliphatic heterocycles. The molecule has 1 unspecified atom stereocenters. The van der Waals surface area contributed by atoms with Gasteiger partial charge in [0.2, 0.25) is 0 Å². The molecule has 2 heteroatoms. The summed E-state index contributed by atoms with van der Waals surface area (Å²) in [5.41, 5.74) is 0. The van der Waals surface area contributed by atoms with Crippen LogP contribution in [0.4, 0.5) is 0 Å². The lowest BCUT2D eigenvalue weighted by Crippen LogP contribution is -2.31. The Kier molecular flexibility index (Phi) is 7.03. The Morgan fingerprint density at radius 3 is 2.67 bits per heavy atom. The molecule has 1 rings (SSSR count). The van der Waals surface area contributed by atoms with Crippen LogP contribution in [0.5, 0.6) is 0 Å². The van der Waals surface area contributed by atoms with Crippen LogP contribution in [0.3, 0.4) is 0 Å². The van der Waals surface area contributed by atoms with Crippen LogP contribution in [-0.4, -0.2) is 25.3 Å². The smallest absolute Gasteiger partial charge is 0.0675 e. The number of hydrogen-bond donors (Lipinski definition) is 1. The van der Waals surface area contributed by atoms with Crippen molar-refractivity contribution < 1.29 is 4.74 Å². The molecule has 0 heterocycles. The van der Waals surface area contributed by atoms with Crippen molar-refractivity contribution in [2.75, 3.05) is 13.1 Å². The van der Waals surface area contributed by atoms with Crippen LogP contribution in [0.15, 0.2) is 0 Å². The van der Waals surface area contributed by atoms with Crippen LogP contribution in [0.1, 0.15) is 58.8 Å². The van der Waals surface area contributed by atoms with Gasteiger partial charge >= 0.3 is 0 Å². The monoisotopic (exact) mass is 213 g/mol. The number of rotatable bonds is 7. The van der Waals surface area contributed by atoms with E-state index in [-0.39, 0.29) is 0 Å². The largest absolute Gasteiger partial charge is 0.374 e. The lowest BCUT2D eigenvalue weighted by atomic mass is 9.98. The van der Waals surface area contributed by atoms with Gasteiger partial charge in [-0.05, 0) is 32.7 Å². The van der Waals surface area contributed by atoms with Crippen LogP contribution in [0, 0.1) is 0 Å². The normalized spacial score (nSPS) is 20.4. The second kappa shape index (κ2) is 8.12. The average Bonchev–Trinajstić information content (AvgIpc) is 2.26. The lowest BCUT2D eigenvalue weighted by Gasteiger charge is -2.25. The molecule has 1 saturated carbocycles. The molecular formula is C13H27NO. The summed E-state index contributed by atoms with van der Waals surface area (Å²) in [6.07, 6.45) is 10.1. The fourth-order valence-electron chi connectivity index (χ4n) is 2.18. The average molecular weight is 213 g/mol. The van der Waals surface area contributed by atoms with E-state index < -0.39 is 0 Å². The van der Waals surface area contributed by atoms with Crippen LogP contribution in [0.2, 0.25) is 0 Å². The molecule has 0 saturated heterocycles. The highest BCUT2D eigenvalue weighted by Gasteiger charge is 2.16. The Morgan fingerprint density at radius 1 is 1.27 bits per heavy atom. The van der Waals surface area contributed by atoms with Gasteiger partial charge in [-0.2, -0.15) is 0 Å². The molecule has 1 N–H and O–H groups in total. The second-order valence-corrected chi connectivity index (χ2v) is 4.76. The van der Waals surface area contributed by atoms with E-state index in [1.54, 1.807) is 0 Å². The maximum absolute atomic E-state index is 6.01. The maximum Gasteiger partial charge on any atom is 0.0675 e. The zero-order valence-corrected chi connectivity index (χ0v) is 10.4. The van der Waals surface area contributed by atoms with Crippen molar-refractivity contribution >= 4 is 0 Å². The number of ether oxygens (including phenoxy) is 1. The molecule has 0 bridgehead atoms. The zero-order chi connectivity index (χ0) is 10.9. The van der Waals surface area contributed by atoms with Gasteiger partial charge in [-0.1, -0.05) is 32.6 Å². The highest BCUT2D eigenvalue weighted by atomic mass is 16.5. The molecule has 0 aromatic rings. The molecule has 0 amide bonds. The van der Waals surface area contributed by atoms with Crippen molar-refractivity contribution in [3.8, 4) is 0 Å².